The fourth-order valence-electron chi connectivity index (χ4n) is 4.43. The molecule has 2 fully saturated rings. The van der Waals surface area contributed by atoms with E-state index in [-0.39, 0.29) is 11.9 Å². The van der Waals surface area contributed by atoms with Crippen LogP contribution in [0.15, 0.2) is 36.5 Å². The lowest BCUT2D eigenvalue weighted by molar-refractivity contribution is 0.0933. The number of benzene rings is 1. The second-order valence-electron chi connectivity index (χ2n) is 8.80. The fourth-order valence-corrected chi connectivity index (χ4v) is 4.43. The van der Waals surface area contributed by atoms with Crippen LogP contribution in [0, 0.1) is 5.92 Å². The van der Waals surface area contributed by atoms with Gasteiger partial charge in [0.05, 0.1) is 12.8 Å². The maximum Gasteiger partial charge on any atom is 0.270 e. The first-order valence-electron chi connectivity index (χ1n) is 11.0. The lowest BCUT2D eigenvalue weighted by atomic mass is 10.1. The van der Waals surface area contributed by atoms with Gasteiger partial charge in [-0.2, -0.15) is 0 Å². The zero-order chi connectivity index (χ0) is 19.6. The van der Waals surface area contributed by atoms with Crippen molar-refractivity contribution in [3.05, 3.63) is 58.9 Å². The Balaban J connectivity index is 1.15. The molecule has 1 amide bonds. The fraction of sp³-hybridized carbons (Fsp3) is 0.500. The van der Waals surface area contributed by atoms with Gasteiger partial charge in [-0.15, -0.1) is 0 Å². The summed E-state index contributed by atoms with van der Waals surface area (Å²) in [7, 11) is 0. The minimum atomic E-state index is -0.103. The number of hydrogen-bond donors (Lipinski definition) is 1. The van der Waals surface area contributed by atoms with Gasteiger partial charge >= 0.3 is 0 Å². The maximum absolute atomic E-state index is 12.6. The van der Waals surface area contributed by atoms with Crippen LogP contribution in [0.4, 0.5) is 0 Å². The number of ether oxygens (including phenoxy) is 1. The van der Waals surface area contributed by atoms with Crippen molar-refractivity contribution < 1.29 is 9.53 Å². The predicted molar refractivity (Wildman–Crippen MR) is 112 cm³/mol. The molecule has 1 atom stereocenters. The molecule has 5 rings (SSSR count). The normalized spacial score (nSPS) is 21.2. The minimum absolute atomic E-state index is 0.103. The van der Waals surface area contributed by atoms with Crippen LogP contribution >= 0.6 is 0 Å². The first kappa shape index (κ1) is 18.6. The van der Waals surface area contributed by atoms with E-state index in [2.05, 4.69) is 33.4 Å². The van der Waals surface area contributed by atoms with E-state index in [0.717, 1.165) is 31.7 Å². The highest BCUT2D eigenvalue weighted by atomic mass is 16.5. The molecule has 1 saturated heterocycles. The van der Waals surface area contributed by atoms with Crippen molar-refractivity contribution in [2.75, 3.05) is 19.7 Å². The Morgan fingerprint density at radius 2 is 1.93 bits per heavy atom. The van der Waals surface area contributed by atoms with Crippen LogP contribution in [0.3, 0.4) is 0 Å². The van der Waals surface area contributed by atoms with E-state index in [9.17, 15) is 4.79 Å². The average Bonchev–Trinajstić information content (AvgIpc) is 3.26. The maximum atomic E-state index is 12.6. The van der Waals surface area contributed by atoms with E-state index >= 15 is 0 Å². The molecular formula is C24H29N3O2. The summed E-state index contributed by atoms with van der Waals surface area (Å²) in [6, 6.07) is 10.6. The summed E-state index contributed by atoms with van der Waals surface area (Å²) >= 11 is 0. The highest BCUT2D eigenvalue weighted by Crippen LogP contribution is 2.29. The Labute approximate surface area is 172 Å². The smallest absolute Gasteiger partial charge is 0.270 e. The molecule has 2 aliphatic carbocycles. The van der Waals surface area contributed by atoms with Crippen molar-refractivity contribution in [3.8, 4) is 5.75 Å². The highest BCUT2D eigenvalue weighted by molar-refractivity contribution is 5.92. The van der Waals surface area contributed by atoms with Crippen molar-refractivity contribution in [2.45, 2.75) is 51.1 Å². The third-order valence-electron chi connectivity index (χ3n) is 6.29. The van der Waals surface area contributed by atoms with Crippen molar-refractivity contribution in [1.82, 2.24) is 15.2 Å². The van der Waals surface area contributed by atoms with E-state index in [4.69, 9.17) is 4.74 Å². The second-order valence-corrected chi connectivity index (χ2v) is 8.80. The minimum Gasteiger partial charge on any atom is -0.492 e. The average molecular weight is 392 g/mol. The molecule has 1 aliphatic heterocycles. The van der Waals surface area contributed by atoms with E-state index in [1.54, 1.807) is 12.3 Å². The van der Waals surface area contributed by atoms with Gasteiger partial charge in [-0.1, -0.05) is 18.2 Å². The lowest BCUT2D eigenvalue weighted by Crippen LogP contribution is -2.35. The predicted octanol–water partition coefficient (Wildman–Crippen LogP) is 3.36. The third kappa shape index (κ3) is 4.61. The number of carbonyl (C=O) groups is 1. The molecule has 2 heterocycles. The van der Waals surface area contributed by atoms with Crippen molar-refractivity contribution in [1.29, 1.82) is 0 Å². The number of hydrogen-bond acceptors (Lipinski definition) is 4. The molecule has 5 nitrogen and oxygen atoms in total. The summed E-state index contributed by atoms with van der Waals surface area (Å²) in [6.07, 6.45) is 8.62. The van der Waals surface area contributed by atoms with Crippen LogP contribution in [0.25, 0.3) is 0 Å². The zero-order valence-electron chi connectivity index (χ0n) is 16.9. The van der Waals surface area contributed by atoms with Crippen LogP contribution in [-0.2, 0) is 19.4 Å². The lowest BCUT2D eigenvalue weighted by Gasteiger charge is -2.15. The van der Waals surface area contributed by atoms with Crippen LogP contribution < -0.4 is 10.1 Å². The molecular weight excluding hydrogens is 362 g/mol. The molecule has 0 unspecified atom stereocenters. The largest absolute Gasteiger partial charge is 0.492 e. The van der Waals surface area contributed by atoms with E-state index in [1.165, 1.54) is 55.5 Å². The van der Waals surface area contributed by atoms with Gasteiger partial charge in [-0.3, -0.25) is 9.69 Å². The molecule has 3 aliphatic rings. The molecule has 29 heavy (non-hydrogen) atoms. The SMILES string of the molecule is O=C(N[C@@H]1Cc2ccc(CN3CCCC3)cc2C1)c1ccc(OCC2CC2)cn1. The number of carbonyl (C=O) groups excluding carboxylic acids is 1. The van der Waals surface area contributed by atoms with Crippen LogP contribution in [0.1, 0.15) is 52.9 Å². The van der Waals surface area contributed by atoms with Gasteiger partial charge in [0.1, 0.15) is 11.4 Å². The summed E-state index contributed by atoms with van der Waals surface area (Å²) in [4.78, 5) is 19.4. The van der Waals surface area contributed by atoms with Crippen LogP contribution in [0.2, 0.25) is 0 Å². The summed E-state index contributed by atoms with van der Waals surface area (Å²) in [6.45, 7) is 4.23. The number of pyridine rings is 1. The number of aromatic nitrogens is 1. The monoisotopic (exact) mass is 391 g/mol. The quantitative estimate of drug-likeness (QED) is 0.786. The highest BCUT2D eigenvalue weighted by Gasteiger charge is 2.25. The molecule has 1 aromatic carbocycles. The number of rotatable bonds is 7. The molecule has 1 N–H and O–H groups in total. The van der Waals surface area contributed by atoms with Gasteiger partial charge in [0.2, 0.25) is 0 Å². The summed E-state index contributed by atoms with van der Waals surface area (Å²) in [5, 5.41) is 3.16. The molecule has 0 spiro atoms. The molecule has 5 heteroatoms. The van der Waals surface area contributed by atoms with Gasteiger partial charge in [0, 0.05) is 12.6 Å². The zero-order valence-corrected chi connectivity index (χ0v) is 16.9. The third-order valence-corrected chi connectivity index (χ3v) is 6.29. The Morgan fingerprint density at radius 1 is 1.10 bits per heavy atom. The second kappa shape index (κ2) is 8.15. The topological polar surface area (TPSA) is 54.5 Å². The summed E-state index contributed by atoms with van der Waals surface area (Å²) in [5.41, 5.74) is 4.58. The Kier molecular flexibility index (Phi) is 5.23. The first-order valence-corrected chi connectivity index (χ1v) is 11.0. The van der Waals surface area contributed by atoms with Gasteiger partial charge in [0.15, 0.2) is 0 Å². The van der Waals surface area contributed by atoms with E-state index in [1.807, 2.05) is 6.07 Å². The summed E-state index contributed by atoms with van der Waals surface area (Å²) in [5.74, 6) is 1.35. The van der Waals surface area contributed by atoms with Gasteiger partial charge < -0.3 is 10.1 Å². The van der Waals surface area contributed by atoms with Crippen LogP contribution in [-0.4, -0.2) is 41.5 Å². The van der Waals surface area contributed by atoms with Crippen molar-refractivity contribution in [2.24, 2.45) is 5.92 Å². The van der Waals surface area contributed by atoms with Gasteiger partial charge in [-0.25, -0.2) is 4.98 Å². The number of nitrogens with zero attached hydrogens (tertiary/aromatic N) is 2. The number of amides is 1. The summed E-state index contributed by atoms with van der Waals surface area (Å²) < 4.78 is 5.70. The molecule has 1 saturated carbocycles. The van der Waals surface area contributed by atoms with Crippen molar-refractivity contribution in [3.63, 3.8) is 0 Å². The van der Waals surface area contributed by atoms with Gasteiger partial charge in [-0.05, 0) is 86.4 Å². The number of fused-ring (bicyclic) bond motifs is 1. The van der Waals surface area contributed by atoms with E-state index < -0.39 is 0 Å². The molecule has 152 valence electrons. The molecule has 1 aromatic heterocycles. The van der Waals surface area contributed by atoms with Crippen LogP contribution in [0.5, 0.6) is 5.75 Å². The van der Waals surface area contributed by atoms with Crippen molar-refractivity contribution >= 4 is 5.91 Å². The van der Waals surface area contributed by atoms with Gasteiger partial charge in [0.25, 0.3) is 5.91 Å². The standard InChI is InChI=1S/C24H29N3O2/c28-24(23-8-7-22(14-25-23)29-16-17-3-4-17)26-21-12-19-6-5-18(11-20(19)13-21)15-27-9-1-2-10-27/h5-8,11,14,17,21H,1-4,9-10,12-13,15-16H2,(H,26,28)/t21-/m1/s1. The first-order chi connectivity index (χ1) is 14.2. The molecule has 2 aromatic rings. The molecule has 0 bridgehead atoms. The van der Waals surface area contributed by atoms with E-state index in [0.29, 0.717) is 11.6 Å². The number of likely N-dealkylation sites (tertiary alicyclic amines) is 1. The Hall–Kier alpha value is -2.40. The Morgan fingerprint density at radius 3 is 2.69 bits per heavy atom. The molecule has 0 radical (unpaired) electrons. The number of nitrogens with one attached hydrogen (secondary N) is 1. The Bertz CT molecular complexity index is 870.